The Labute approximate surface area is 175 Å². The Morgan fingerprint density at radius 2 is 1.93 bits per heavy atom. The maximum absolute atomic E-state index is 12.9. The molecule has 0 aliphatic rings. The summed E-state index contributed by atoms with van der Waals surface area (Å²) in [4.78, 5) is 29.6. The van der Waals surface area contributed by atoms with Gasteiger partial charge >= 0.3 is 5.76 Å². The lowest BCUT2D eigenvalue weighted by molar-refractivity contribution is -0.120. The molecular weight excluding hydrogens is 400 g/mol. The summed E-state index contributed by atoms with van der Waals surface area (Å²) < 4.78 is 5.95. The summed E-state index contributed by atoms with van der Waals surface area (Å²) in [5.74, 6) is -2.03. The fourth-order valence-corrected chi connectivity index (χ4v) is 3.99. The van der Waals surface area contributed by atoms with Crippen LogP contribution in [-0.2, 0) is 11.3 Å². The molecule has 0 N–H and O–H groups in total. The molecule has 2 aromatic heterocycles. The van der Waals surface area contributed by atoms with Crippen molar-refractivity contribution in [3.05, 3.63) is 81.1 Å². The number of Topliss-reactive ketones (excluding diaryl/α,β-unsaturated/α-hetero) is 1. The zero-order valence-corrected chi connectivity index (χ0v) is 16.8. The topological polar surface area (TPSA) is 102 Å². The Morgan fingerprint density at radius 1 is 1.20 bits per heavy atom. The predicted molar refractivity (Wildman–Crippen MR) is 112 cm³/mol. The molecule has 0 aliphatic heterocycles. The minimum Gasteiger partial charge on any atom is -0.296 e. The van der Waals surface area contributed by atoms with Crippen molar-refractivity contribution in [2.75, 3.05) is 0 Å². The molecule has 0 aliphatic carbocycles. The number of aromatic nitrogens is 3. The van der Waals surface area contributed by atoms with Crippen LogP contribution < -0.4 is 5.76 Å². The number of rotatable bonds is 6. The van der Waals surface area contributed by atoms with E-state index in [4.69, 9.17) is 4.52 Å². The van der Waals surface area contributed by atoms with Crippen LogP contribution in [0.1, 0.15) is 16.5 Å². The van der Waals surface area contributed by atoms with Crippen LogP contribution in [0.2, 0.25) is 0 Å². The summed E-state index contributed by atoms with van der Waals surface area (Å²) >= 11 is 1.24. The zero-order chi connectivity index (χ0) is 21.1. The highest BCUT2D eigenvalue weighted by molar-refractivity contribution is 7.10. The number of carbonyl (C=O) groups excluding carboxylic acids is 1. The molecule has 4 aromatic rings. The number of hydrogen-bond donors (Lipinski definition) is 0. The van der Waals surface area contributed by atoms with Gasteiger partial charge in [0.15, 0.2) is 17.5 Å². The summed E-state index contributed by atoms with van der Waals surface area (Å²) in [6.07, 6.45) is 0. The highest BCUT2D eigenvalue weighted by Crippen LogP contribution is 2.27. The van der Waals surface area contributed by atoms with E-state index in [0.717, 1.165) is 15.7 Å². The van der Waals surface area contributed by atoms with Crippen molar-refractivity contribution >= 4 is 17.1 Å². The van der Waals surface area contributed by atoms with Gasteiger partial charge in [-0.2, -0.15) is 5.26 Å². The Kier molecular flexibility index (Phi) is 5.37. The van der Waals surface area contributed by atoms with Crippen molar-refractivity contribution in [1.29, 1.82) is 5.26 Å². The maximum Gasteiger partial charge on any atom is 0.442 e. The van der Waals surface area contributed by atoms with E-state index in [1.54, 1.807) is 6.07 Å². The molecule has 30 heavy (non-hydrogen) atoms. The molecule has 4 rings (SSSR count). The third kappa shape index (κ3) is 3.71. The van der Waals surface area contributed by atoms with E-state index in [1.165, 1.54) is 11.3 Å². The minimum absolute atomic E-state index is 0.257. The highest BCUT2D eigenvalue weighted by atomic mass is 32.1. The van der Waals surface area contributed by atoms with Crippen LogP contribution in [0.15, 0.2) is 69.3 Å². The Balaban J connectivity index is 1.62. The molecule has 0 radical (unpaired) electrons. The highest BCUT2D eigenvalue weighted by Gasteiger charge is 2.27. The van der Waals surface area contributed by atoms with Gasteiger partial charge in [-0.3, -0.25) is 9.32 Å². The Morgan fingerprint density at radius 3 is 2.67 bits per heavy atom. The Hall–Kier alpha value is -3.83. The van der Waals surface area contributed by atoms with E-state index < -0.39 is 17.5 Å². The van der Waals surface area contributed by atoms with Crippen LogP contribution in [0, 0.1) is 18.3 Å². The molecule has 0 fully saturated rings. The quantitative estimate of drug-likeness (QED) is 0.474. The van der Waals surface area contributed by atoms with Gasteiger partial charge in [0.25, 0.3) is 0 Å². The first kappa shape index (κ1) is 19.5. The lowest BCUT2D eigenvalue weighted by Gasteiger charge is -2.08. The van der Waals surface area contributed by atoms with Crippen molar-refractivity contribution in [3.8, 4) is 28.7 Å². The van der Waals surface area contributed by atoms with Crippen LogP contribution in [0.3, 0.4) is 0 Å². The maximum atomic E-state index is 12.9. The van der Waals surface area contributed by atoms with Gasteiger partial charge in [0.1, 0.15) is 5.01 Å². The van der Waals surface area contributed by atoms with Gasteiger partial charge in [-0.15, -0.1) is 11.3 Å². The van der Waals surface area contributed by atoms with Crippen LogP contribution in [0.5, 0.6) is 0 Å². The molecule has 1 unspecified atom stereocenters. The van der Waals surface area contributed by atoms with Crippen molar-refractivity contribution in [3.63, 3.8) is 0 Å². The second-order valence-corrected chi connectivity index (χ2v) is 7.53. The van der Waals surface area contributed by atoms with E-state index in [1.807, 2.05) is 66.9 Å². The number of aryl methyl sites for hydroxylation is 1. The molecule has 0 amide bonds. The fourth-order valence-electron chi connectivity index (χ4n) is 3.10. The number of nitrogens with zero attached hydrogens (tertiary/aromatic N) is 4. The largest absolute Gasteiger partial charge is 0.442 e. The Bertz CT molecular complexity index is 1300. The molecular formula is C22H16N4O3S. The molecule has 148 valence electrons. The normalized spacial score (nSPS) is 11.7. The third-order valence-electron chi connectivity index (χ3n) is 4.68. The first-order chi connectivity index (χ1) is 14.6. The second kappa shape index (κ2) is 8.27. The summed E-state index contributed by atoms with van der Waals surface area (Å²) in [6, 6.07) is 18.9. The van der Waals surface area contributed by atoms with Crippen molar-refractivity contribution < 1.29 is 9.32 Å². The molecule has 2 aromatic carbocycles. The van der Waals surface area contributed by atoms with Gasteiger partial charge in [-0.1, -0.05) is 59.8 Å². The van der Waals surface area contributed by atoms with E-state index in [2.05, 4.69) is 10.1 Å². The molecule has 1 atom stereocenters. The van der Waals surface area contributed by atoms with Gasteiger partial charge in [0, 0.05) is 16.5 Å². The number of hydrogen-bond acceptors (Lipinski definition) is 7. The second-order valence-electron chi connectivity index (χ2n) is 6.64. The smallest absolute Gasteiger partial charge is 0.296 e. The summed E-state index contributed by atoms with van der Waals surface area (Å²) in [7, 11) is 0. The fraction of sp³-hybridized carbons (Fsp3) is 0.136. The number of thiazole rings is 1. The van der Waals surface area contributed by atoms with Crippen LogP contribution >= 0.6 is 11.3 Å². The molecule has 8 heteroatoms. The number of ketones is 1. The monoisotopic (exact) mass is 416 g/mol. The lowest BCUT2D eigenvalue weighted by atomic mass is 10.1. The number of carbonyl (C=O) groups is 1. The minimum atomic E-state index is -1.08. The average molecular weight is 416 g/mol. The third-order valence-corrected chi connectivity index (χ3v) is 5.59. The van der Waals surface area contributed by atoms with Crippen LogP contribution in [0.25, 0.3) is 22.6 Å². The van der Waals surface area contributed by atoms with Gasteiger partial charge in [-0.25, -0.2) is 14.3 Å². The van der Waals surface area contributed by atoms with Crippen molar-refractivity contribution in [2.24, 2.45) is 0 Å². The SMILES string of the molecule is Cc1ccccc1-c1noc(=O)n1CC(=O)C(C#N)c1nc(-c2ccccc2)cs1. The lowest BCUT2D eigenvalue weighted by Crippen LogP contribution is -2.24. The van der Waals surface area contributed by atoms with Gasteiger partial charge in [0.05, 0.1) is 18.3 Å². The first-order valence-electron chi connectivity index (χ1n) is 9.14. The first-order valence-corrected chi connectivity index (χ1v) is 10.0. The molecule has 0 saturated carbocycles. The van der Waals surface area contributed by atoms with Crippen molar-refractivity contribution in [1.82, 2.24) is 14.7 Å². The summed E-state index contributed by atoms with van der Waals surface area (Å²) in [5, 5.41) is 15.7. The van der Waals surface area contributed by atoms with Crippen LogP contribution in [-0.4, -0.2) is 20.5 Å². The molecule has 0 saturated heterocycles. The van der Waals surface area contributed by atoms with Gasteiger partial charge < -0.3 is 0 Å². The van der Waals surface area contributed by atoms with Gasteiger partial charge in [-0.05, 0) is 12.5 Å². The number of nitriles is 1. The molecule has 7 nitrogen and oxygen atoms in total. The van der Waals surface area contributed by atoms with E-state index in [-0.39, 0.29) is 12.4 Å². The summed E-state index contributed by atoms with van der Waals surface area (Å²) in [6.45, 7) is 1.55. The standard InChI is InChI=1S/C22H16N4O3S/c1-14-7-5-6-10-16(14)20-25-29-22(28)26(20)12-19(27)17(11-23)21-24-18(13-30-21)15-8-3-2-4-9-15/h2-10,13,17H,12H2,1H3. The van der Waals surface area contributed by atoms with E-state index in [0.29, 0.717) is 16.3 Å². The van der Waals surface area contributed by atoms with E-state index >= 15 is 0 Å². The average Bonchev–Trinajstić information content (AvgIpc) is 3.38. The molecule has 2 heterocycles. The summed E-state index contributed by atoms with van der Waals surface area (Å²) in [5.41, 5.74) is 3.18. The predicted octanol–water partition coefficient (Wildman–Crippen LogP) is 3.81. The molecule has 0 spiro atoms. The number of benzene rings is 2. The van der Waals surface area contributed by atoms with Crippen LogP contribution in [0.4, 0.5) is 0 Å². The van der Waals surface area contributed by atoms with E-state index in [9.17, 15) is 14.9 Å². The van der Waals surface area contributed by atoms with Crippen molar-refractivity contribution in [2.45, 2.75) is 19.4 Å². The zero-order valence-electron chi connectivity index (χ0n) is 16.0. The van der Waals surface area contributed by atoms with Gasteiger partial charge in [0.2, 0.25) is 0 Å². The molecule has 0 bridgehead atoms.